The summed E-state index contributed by atoms with van der Waals surface area (Å²) in [5.74, 6) is 0. The van der Waals surface area contributed by atoms with E-state index in [0.717, 1.165) is 6.67 Å². The van der Waals surface area contributed by atoms with E-state index in [2.05, 4.69) is 36.2 Å². The van der Waals surface area contributed by atoms with E-state index in [9.17, 15) is 0 Å². The molecule has 0 bridgehead atoms. The molecule has 0 saturated carbocycles. The maximum absolute atomic E-state index is 2.34. The van der Waals surface area contributed by atoms with Gasteiger partial charge in [0, 0.05) is 26.0 Å². The molecule has 0 unspecified atom stereocenters. The van der Waals surface area contributed by atoms with Gasteiger partial charge in [-0.1, -0.05) is 13.3 Å². The van der Waals surface area contributed by atoms with Crippen LogP contribution in [0.15, 0.2) is 12.4 Å². The van der Waals surface area contributed by atoms with Crippen molar-refractivity contribution in [3.63, 3.8) is 0 Å². The van der Waals surface area contributed by atoms with Gasteiger partial charge in [0.25, 0.3) is 0 Å². The van der Waals surface area contributed by atoms with Crippen molar-refractivity contribution in [2.45, 2.75) is 19.8 Å². The fraction of sp³-hybridized carbons (Fsp3) is 0.750. The molecule has 1 aliphatic rings. The Bertz CT molecular complexity index is 141. The Balaban J connectivity index is -0.0000000417. The van der Waals surface area contributed by atoms with E-state index in [1.165, 1.54) is 19.4 Å². The summed E-state index contributed by atoms with van der Waals surface area (Å²) in [6.45, 7) is 4.50. The predicted octanol–water partition coefficient (Wildman–Crippen LogP) is -10.5. The second-order valence-corrected chi connectivity index (χ2v) is 2.86. The molecule has 8 heteroatoms. The van der Waals surface area contributed by atoms with Gasteiger partial charge in [-0.05, 0) is 6.42 Å². The van der Waals surface area contributed by atoms with Crippen molar-refractivity contribution in [2.24, 2.45) is 0 Å². The van der Waals surface area contributed by atoms with E-state index >= 15 is 0 Å². The van der Waals surface area contributed by atoms with Gasteiger partial charge in [-0.3, -0.25) is 0 Å². The number of hydrogen-bond acceptors (Lipinski definition) is 2. The molecule has 1 rings (SSSR count). The first kappa shape index (κ1) is 36.1. The van der Waals surface area contributed by atoms with E-state index in [0.29, 0.717) is 0 Å². The van der Waals surface area contributed by atoms with Crippen LogP contribution in [0.1, 0.15) is 19.8 Å². The minimum atomic E-state index is 0. The number of unbranched alkanes of at least 4 members (excludes halogenated alkanes) is 1. The van der Waals surface area contributed by atoms with Crippen molar-refractivity contribution in [3.05, 3.63) is 12.4 Å². The molecule has 0 aromatic rings. The van der Waals surface area contributed by atoms with Crippen LogP contribution in [0.3, 0.4) is 0 Å². The average molecular weight is 413 g/mol. The Morgan fingerprint density at radius 1 is 1.00 bits per heavy atom. The summed E-state index contributed by atoms with van der Waals surface area (Å²) < 4.78 is 0. The monoisotopic (exact) mass is 408 g/mol. The van der Waals surface area contributed by atoms with Crippen LogP contribution < -0.4 is 49.6 Å². The van der Waals surface area contributed by atoms with Crippen molar-refractivity contribution in [1.82, 2.24) is 9.80 Å². The van der Waals surface area contributed by atoms with E-state index in [1.54, 1.807) is 0 Å². The second-order valence-electron chi connectivity index (χ2n) is 2.86. The molecule has 0 aromatic heterocycles. The normalized spacial score (nSPS) is 10.6. The molecule has 1 heterocycles. The van der Waals surface area contributed by atoms with Crippen LogP contribution in [-0.2, 0) is 39.0 Å². The van der Waals surface area contributed by atoms with Crippen molar-refractivity contribution in [2.75, 3.05) is 20.3 Å². The third-order valence-electron chi connectivity index (χ3n) is 1.74. The molecule has 90 valence electrons. The van der Waals surface area contributed by atoms with Gasteiger partial charge in [-0.25, -0.2) is 0 Å². The zero-order valence-electron chi connectivity index (χ0n) is 9.80. The van der Waals surface area contributed by atoms with Gasteiger partial charge in [0.2, 0.25) is 0 Å². The van der Waals surface area contributed by atoms with Crippen LogP contribution in [0.5, 0.6) is 0 Å². The van der Waals surface area contributed by atoms with E-state index in [1.807, 2.05) is 0 Å². The van der Waals surface area contributed by atoms with E-state index in [-0.39, 0.29) is 88.6 Å². The van der Waals surface area contributed by atoms with Crippen LogP contribution in [-0.4, -0.2) is 30.1 Å². The van der Waals surface area contributed by atoms with Gasteiger partial charge in [0.15, 0.2) is 0 Å². The van der Waals surface area contributed by atoms with Crippen molar-refractivity contribution < 1.29 is 88.6 Å². The summed E-state index contributed by atoms with van der Waals surface area (Å²) in [6.07, 6.45) is 6.87. The quantitative estimate of drug-likeness (QED) is 0.425. The predicted molar refractivity (Wildman–Crippen MR) is 43.4 cm³/mol. The smallest absolute Gasteiger partial charge is 1.00 e. The molecule has 0 aromatic carbocycles. The Morgan fingerprint density at radius 3 is 1.81 bits per heavy atom. The number of nitrogens with zero attached hydrogens (tertiary/aromatic N) is 2. The number of hydrogen-bond donors (Lipinski definition) is 0. The van der Waals surface area contributed by atoms with Gasteiger partial charge in [0.1, 0.15) is 0 Å². The minimum absolute atomic E-state index is 0. The molecule has 0 N–H and O–H groups in total. The maximum Gasteiger partial charge on any atom is 2.00 e. The molecular weight excluding hydrogens is 397 g/mol. The molecule has 0 fully saturated rings. The van der Waals surface area contributed by atoms with Gasteiger partial charge in [-0.2, -0.15) is 0 Å². The van der Waals surface area contributed by atoms with E-state index in [4.69, 9.17) is 0 Å². The SMILES string of the molecule is CCCCN1C=CN(C)C1.[Cl-].[Cl-].[Cl-].[Cl-].[Zn+2].[Zn+2]. The standard InChI is InChI=1S/C8H16N2.4ClH.2Zn/c1-3-4-5-10-7-6-9(2)8-10;;;;;;/h6-7H,3-5,8H2,1-2H3;4*1H;;/q;;;;;2*+2/p-4. The van der Waals surface area contributed by atoms with Crippen molar-refractivity contribution >= 4 is 0 Å². The summed E-state index contributed by atoms with van der Waals surface area (Å²) in [7, 11) is 2.10. The molecule has 0 saturated heterocycles. The first-order valence-corrected chi connectivity index (χ1v) is 3.95. The molecule has 0 radical (unpaired) electrons. The Labute approximate surface area is 149 Å². The van der Waals surface area contributed by atoms with Crippen LogP contribution in [0.4, 0.5) is 0 Å². The molecule has 0 atom stereocenters. The summed E-state index contributed by atoms with van der Waals surface area (Å²) in [4.78, 5) is 4.53. The molecule has 16 heavy (non-hydrogen) atoms. The zero-order chi connectivity index (χ0) is 7.40. The van der Waals surface area contributed by atoms with Gasteiger partial charge >= 0.3 is 39.0 Å². The third kappa shape index (κ3) is 15.7. The summed E-state index contributed by atoms with van der Waals surface area (Å²) >= 11 is 0. The fourth-order valence-electron chi connectivity index (χ4n) is 1.10. The minimum Gasteiger partial charge on any atom is -1.00 e. The molecule has 2 nitrogen and oxygen atoms in total. The first-order chi connectivity index (χ1) is 4.83. The largest absolute Gasteiger partial charge is 2.00 e. The summed E-state index contributed by atoms with van der Waals surface area (Å²) in [5.41, 5.74) is 0. The maximum atomic E-state index is 2.34. The van der Waals surface area contributed by atoms with Crippen LogP contribution in [0.2, 0.25) is 0 Å². The molecule has 0 spiro atoms. The zero-order valence-corrected chi connectivity index (χ0v) is 18.8. The van der Waals surface area contributed by atoms with E-state index < -0.39 is 0 Å². The van der Waals surface area contributed by atoms with Crippen LogP contribution in [0, 0.1) is 0 Å². The Kier molecular flexibility index (Phi) is 49.5. The number of rotatable bonds is 3. The van der Waals surface area contributed by atoms with Gasteiger partial charge in [-0.15, -0.1) is 0 Å². The molecular formula is C8H16Cl4N2Zn2. The second kappa shape index (κ2) is 22.0. The van der Waals surface area contributed by atoms with Gasteiger partial charge < -0.3 is 59.4 Å². The molecule has 0 aliphatic carbocycles. The van der Waals surface area contributed by atoms with Crippen molar-refractivity contribution in [3.8, 4) is 0 Å². The van der Waals surface area contributed by atoms with Gasteiger partial charge in [0.05, 0.1) is 6.67 Å². The molecule has 0 amide bonds. The summed E-state index contributed by atoms with van der Waals surface area (Å²) in [5, 5.41) is 0. The Morgan fingerprint density at radius 2 is 1.50 bits per heavy atom. The average Bonchev–Trinajstić information content (AvgIpc) is 2.31. The van der Waals surface area contributed by atoms with Crippen LogP contribution in [0.25, 0.3) is 0 Å². The van der Waals surface area contributed by atoms with Crippen LogP contribution >= 0.6 is 0 Å². The fourth-order valence-corrected chi connectivity index (χ4v) is 1.10. The first-order valence-electron chi connectivity index (χ1n) is 3.95. The van der Waals surface area contributed by atoms with Crippen molar-refractivity contribution in [1.29, 1.82) is 0 Å². The number of halogens is 4. The molecule has 1 aliphatic heterocycles. The Hall–Kier alpha value is 1.75. The summed E-state index contributed by atoms with van der Waals surface area (Å²) in [6, 6.07) is 0. The topological polar surface area (TPSA) is 6.48 Å². The third-order valence-corrected chi connectivity index (χ3v) is 1.74.